The van der Waals surface area contributed by atoms with Gasteiger partial charge in [-0.05, 0) is 44.2 Å². The smallest absolute Gasteiger partial charge is 0.258 e. The van der Waals surface area contributed by atoms with Gasteiger partial charge in [-0.3, -0.25) is 0 Å². The van der Waals surface area contributed by atoms with Gasteiger partial charge < -0.3 is 34.5 Å². The van der Waals surface area contributed by atoms with Crippen LogP contribution in [0.5, 0.6) is 11.5 Å². The monoisotopic (exact) mass is 452 g/mol. The number of nitrogens with two attached hydrogens (primary N) is 1. The van der Waals surface area contributed by atoms with E-state index in [0.717, 1.165) is 22.0 Å². The number of hydrogen-bond acceptors (Lipinski definition) is 8. The average Bonchev–Trinajstić information content (AvgIpc) is 3.48. The van der Waals surface area contributed by atoms with Crippen LogP contribution in [0.2, 0.25) is 0 Å². The summed E-state index contributed by atoms with van der Waals surface area (Å²) >= 11 is 0. The molecule has 0 aliphatic carbocycles. The molecule has 4 aromatic rings. The third-order valence-corrected chi connectivity index (χ3v) is 5.39. The first kappa shape index (κ1) is 22.8. The second-order valence-electron chi connectivity index (χ2n) is 7.81. The number of benzene rings is 2. The van der Waals surface area contributed by atoms with E-state index in [0.29, 0.717) is 36.4 Å². The fraction of sp³-hybridized carbons (Fsp3) is 0.333. The van der Waals surface area contributed by atoms with Crippen LogP contribution in [0.4, 0.5) is 0 Å². The van der Waals surface area contributed by atoms with Crippen LogP contribution in [0, 0.1) is 0 Å². The van der Waals surface area contributed by atoms with Crippen molar-refractivity contribution in [3.63, 3.8) is 0 Å². The molecule has 0 aliphatic heterocycles. The number of ether oxygens (including phenoxy) is 2. The molecule has 9 heteroatoms. The Kier molecular flexibility index (Phi) is 6.64. The SMILES string of the molecule is CCOc1ccc(-c2nc(-c3cccc4c3ccn4CC(N)(CO)CO)no2)cc1OCC. The zero-order valence-corrected chi connectivity index (χ0v) is 18.7. The first-order valence-electron chi connectivity index (χ1n) is 10.8. The highest BCUT2D eigenvalue weighted by atomic mass is 16.5. The molecular formula is C24H28N4O5. The summed E-state index contributed by atoms with van der Waals surface area (Å²) < 4.78 is 18.8. The minimum Gasteiger partial charge on any atom is -0.490 e. The van der Waals surface area contributed by atoms with Crippen LogP contribution in [0.1, 0.15) is 13.8 Å². The molecule has 0 unspecified atom stereocenters. The van der Waals surface area contributed by atoms with E-state index in [1.54, 1.807) is 0 Å². The maximum atomic E-state index is 9.55. The lowest BCUT2D eigenvalue weighted by atomic mass is 10.0. The van der Waals surface area contributed by atoms with Crippen molar-refractivity contribution in [2.75, 3.05) is 26.4 Å². The number of nitrogens with zero attached hydrogens (tertiary/aromatic N) is 3. The van der Waals surface area contributed by atoms with E-state index in [9.17, 15) is 10.2 Å². The molecule has 0 bridgehead atoms. The third kappa shape index (κ3) is 4.56. The molecule has 0 atom stereocenters. The first-order valence-corrected chi connectivity index (χ1v) is 10.8. The van der Waals surface area contributed by atoms with Gasteiger partial charge in [-0.1, -0.05) is 17.3 Å². The number of aromatic nitrogens is 3. The largest absolute Gasteiger partial charge is 0.490 e. The first-order chi connectivity index (χ1) is 16.0. The van der Waals surface area contributed by atoms with E-state index in [1.165, 1.54) is 0 Å². The van der Waals surface area contributed by atoms with Gasteiger partial charge in [-0.2, -0.15) is 4.98 Å². The molecule has 0 saturated carbocycles. The topological polar surface area (TPSA) is 129 Å². The molecule has 174 valence electrons. The maximum Gasteiger partial charge on any atom is 0.258 e. The summed E-state index contributed by atoms with van der Waals surface area (Å²) in [6.45, 7) is 4.48. The van der Waals surface area contributed by atoms with Crippen LogP contribution in [0.25, 0.3) is 33.7 Å². The summed E-state index contributed by atoms with van der Waals surface area (Å²) in [6.07, 6.45) is 1.86. The number of aliphatic hydroxyl groups is 2. The Labute approximate surface area is 191 Å². The molecular weight excluding hydrogens is 424 g/mol. The molecule has 0 amide bonds. The van der Waals surface area contributed by atoms with Crippen LogP contribution in [-0.2, 0) is 6.54 Å². The molecule has 2 aromatic carbocycles. The van der Waals surface area contributed by atoms with Crippen molar-refractivity contribution in [1.82, 2.24) is 14.7 Å². The van der Waals surface area contributed by atoms with Gasteiger partial charge in [0.1, 0.15) is 0 Å². The zero-order chi connectivity index (χ0) is 23.4. The predicted octanol–water partition coefficient (Wildman–Crippen LogP) is 2.84. The average molecular weight is 453 g/mol. The Morgan fingerprint density at radius 2 is 1.79 bits per heavy atom. The summed E-state index contributed by atoms with van der Waals surface area (Å²) in [4.78, 5) is 4.61. The van der Waals surface area contributed by atoms with Crippen molar-refractivity contribution in [3.8, 4) is 34.3 Å². The highest BCUT2D eigenvalue weighted by Gasteiger charge is 2.25. The van der Waals surface area contributed by atoms with E-state index < -0.39 is 5.54 Å². The van der Waals surface area contributed by atoms with Crippen molar-refractivity contribution < 1.29 is 24.2 Å². The highest BCUT2D eigenvalue weighted by molar-refractivity contribution is 5.94. The lowest BCUT2D eigenvalue weighted by Gasteiger charge is -2.25. The third-order valence-electron chi connectivity index (χ3n) is 5.39. The molecule has 4 rings (SSSR count). The number of fused-ring (bicyclic) bond motifs is 1. The van der Waals surface area contributed by atoms with E-state index in [1.807, 2.05) is 67.1 Å². The van der Waals surface area contributed by atoms with Gasteiger partial charge in [0.2, 0.25) is 5.82 Å². The lowest BCUT2D eigenvalue weighted by Crippen LogP contribution is -2.50. The fourth-order valence-corrected chi connectivity index (χ4v) is 3.68. The van der Waals surface area contributed by atoms with Gasteiger partial charge in [-0.25, -0.2) is 0 Å². The summed E-state index contributed by atoms with van der Waals surface area (Å²) in [5.74, 6) is 2.10. The van der Waals surface area contributed by atoms with Crippen molar-refractivity contribution in [1.29, 1.82) is 0 Å². The van der Waals surface area contributed by atoms with Gasteiger partial charge in [-0.15, -0.1) is 0 Å². The number of aliphatic hydroxyl groups excluding tert-OH is 2. The Bertz CT molecular complexity index is 1230. The van der Waals surface area contributed by atoms with Crippen molar-refractivity contribution in [3.05, 3.63) is 48.7 Å². The second-order valence-corrected chi connectivity index (χ2v) is 7.81. The van der Waals surface area contributed by atoms with Gasteiger partial charge >= 0.3 is 0 Å². The van der Waals surface area contributed by atoms with E-state index in [2.05, 4.69) is 10.1 Å². The quantitative estimate of drug-likeness (QED) is 0.335. The van der Waals surface area contributed by atoms with Gasteiger partial charge in [0, 0.05) is 34.8 Å². The Hall–Kier alpha value is -3.40. The zero-order valence-electron chi connectivity index (χ0n) is 18.7. The Morgan fingerprint density at radius 1 is 1.03 bits per heavy atom. The van der Waals surface area contributed by atoms with Gasteiger partial charge in [0.15, 0.2) is 11.5 Å². The summed E-state index contributed by atoms with van der Waals surface area (Å²) in [7, 11) is 0. The van der Waals surface area contributed by atoms with E-state index >= 15 is 0 Å². The van der Waals surface area contributed by atoms with Gasteiger partial charge in [0.25, 0.3) is 5.89 Å². The number of hydrogen-bond donors (Lipinski definition) is 3. The Morgan fingerprint density at radius 3 is 2.52 bits per heavy atom. The molecule has 2 aromatic heterocycles. The molecule has 33 heavy (non-hydrogen) atoms. The summed E-state index contributed by atoms with van der Waals surface area (Å²) in [6, 6.07) is 13.2. The number of rotatable bonds is 10. The van der Waals surface area contributed by atoms with Crippen molar-refractivity contribution >= 4 is 10.9 Å². The molecule has 9 nitrogen and oxygen atoms in total. The standard InChI is InChI=1S/C24H28N4O5/c1-3-31-20-9-8-16(12-21(20)32-4-2)23-26-22(27-33-23)18-6-5-7-19-17(18)10-11-28(19)13-24(25,14-29)15-30/h5-12,29-30H,3-4,13-15,25H2,1-2H3. The van der Waals surface area contributed by atoms with Crippen molar-refractivity contribution in [2.24, 2.45) is 5.73 Å². The molecule has 0 fully saturated rings. The summed E-state index contributed by atoms with van der Waals surface area (Å²) in [5.41, 5.74) is 7.37. The van der Waals surface area contributed by atoms with Crippen LogP contribution in [-0.4, -0.2) is 56.9 Å². The molecule has 0 spiro atoms. The second kappa shape index (κ2) is 9.62. The van der Waals surface area contributed by atoms with Crippen LogP contribution in [0.3, 0.4) is 0 Å². The fourth-order valence-electron chi connectivity index (χ4n) is 3.68. The van der Waals surface area contributed by atoms with E-state index in [4.69, 9.17) is 19.7 Å². The minimum absolute atomic E-state index is 0.261. The summed E-state index contributed by atoms with van der Waals surface area (Å²) in [5, 5.41) is 24.2. The molecule has 0 aliphatic rings. The van der Waals surface area contributed by atoms with Crippen LogP contribution >= 0.6 is 0 Å². The minimum atomic E-state index is -1.12. The Balaban J connectivity index is 1.68. The maximum absolute atomic E-state index is 9.55. The normalized spacial score (nSPS) is 11.8. The lowest BCUT2D eigenvalue weighted by molar-refractivity contribution is 0.109. The van der Waals surface area contributed by atoms with Crippen molar-refractivity contribution in [2.45, 2.75) is 25.9 Å². The molecule has 4 N–H and O–H groups in total. The van der Waals surface area contributed by atoms with Crippen LogP contribution < -0.4 is 15.2 Å². The molecule has 0 saturated heterocycles. The van der Waals surface area contributed by atoms with E-state index in [-0.39, 0.29) is 19.8 Å². The van der Waals surface area contributed by atoms with Crippen LogP contribution in [0.15, 0.2) is 53.2 Å². The molecule has 2 heterocycles. The molecule has 0 radical (unpaired) electrons. The van der Waals surface area contributed by atoms with Gasteiger partial charge in [0.05, 0.1) is 32.0 Å². The highest BCUT2D eigenvalue weighted by Crippen LogP contribution is 2.34. The predicted molar refractivity (Wildman–Crippen MR) is 124 cm³/mol.